The van der Waals surface area contributed by atoms with E-state index < -0.39 is 6.67 Å². The second-order valence-electron chi connectivity index (χ2n) is 6.24. The molecule has 0 unspecified atom stereocenters. The Morgan fingerprint density at radius 3 is 1.62 bits per heavy atom. The lowest BCUT2D eigenvalue weighted by Gasteiger charge is -2.01. The van der Waals surface area contributed by atoms with Crippen molar-refractivity contribution >= 4 is 0 Å². The van der Waals surface area contributed by atoms with Crippen LogP contribution >= 0.6 is 0 Å². The van der Waals surface area contributed by atoms with E-state index in [1.165, 1.54) is 11.1 Å². The van der Waals surface area contributed by atoms with Crippen LogP contribution in [0.3, 0.4) is 0 Å². The molecule has 26 heavy (non-hydrogen) atoms. The van der Waals surface area contributed by atoms with Gasteiger partial charge in [-0.25, -0.2) is 4.39 Å². The Hall–Kier alpha value is -3.29. The summed E-state index contributed by atoms with van der Waals surface area (Å²) in [5.74, 6) is 12.4. The molecule has 0 saturated heterocycles. The van der Waals surface area contributed by atoms with Crippen LogP contribution in [0, 0.1) is 37.5 Å². The van der Waals surface area contributed by atoms with Crippen molar-refractivity contribution in [2.24, 2.45) is 0 Å². The highest BCUT2D eigenvalue weighted by atomic mass is 19.1. The molecule has 0 saturated carbocycles. The first-order valence-corrected chi connectivity index (χ1v) is 8.50. The third kappa shape index (κ3) is 4.62. The number of hydrogen-bond acceptors (Lipinski definition) is 0. The van der Waals surface area contributed by atoms with Gasteiger partial charge < -0.3 is 0 Å². The lowest BCUT2D eigenvalue weighted by molar-refractivity contribution is 0.484. The van der Waals surface area contributed by atoms with Crippen molar-refractivity contribution in [2.45, 2.75) is 20.5 Å². The first kappa shape index (κ1) is 17.5. The van der Waals surface area contributed by atoms with Gasteiger partial charge in [0, 0.05) is 22.3 Å². The number of benzene rings is 3. The van der Waals surface area contributed by atoms with E-state index >= 15 is 0 Å². The van der Waals surface area contributed by atoms with Crippen molar-refractivity contribution in [3.8, 4) is 23.7 Å². The summed E-state index contributed by atoms with van der Waals surface area (Å²) in [7, 11) is 0. The van der Waals surface area contributed by atoms with Crippen LogP contribution in [0.2, 0.25) is 0 Å². The fourth-order valence-electron chi connectivity index (χ4n) is 2.46. The Morgan fingerprint density at radius 1 is 0.615 bits per heavy atom. The Bertz CT molecular complexity index is 1020. The Balaban J connectivity index is 1.84. The van der Waals surface area contributed by atoms with E-state index in [1.807, 2.05) is 74.5 Å². The molecule has 0 radical (unpaired) electrons. The molecule has 3 rings (SSSR count). The topological polar surface area (TPSA) is 0 Å². The first-order chi connectivity index (χ1) is 12.6. The molecule has 1 heteroatoms. The molecule has 0 heterocycles. The van der Waals surface area contributed by atoms with E-state index in [1.54, 1.807) is 6.07 Å². The van der Waals surface area contributed by atoms with Crippen LogP contribution in [0.1, 0.15) is 38.9 Å². The maximum atomic E-state index is 13.4. The summed E-state index contributed by atoms with van der Waals surface area (Å²) in [5.41, 5.74) is 6.32. The van der Waals surface area contributed by atoms with Gasteiger partial charge in [0.05, 0.1) is 0 Å². The molecule has 126 valence electrons. The first-order valence-electron chi connectivity index (χ1n) is 8.50. The fourth-order valence-corrected chi connectivity index (χ4v) is 2.46. The van der Waals surface area contributed by atoms with Gasteiger partial charge in [-0.2, -0.15) is 0 Å². The standard InChI is InChI=1S/C25H19F/c1-19-3-7-21(8-4-19)11-12-23-14-16-24(25(17-23)18-26)15-13-22-9-5-20(2)6-10-22/h3-10,14,16-17H,18H2,1-2H3. The van der Waals surface area contributed by atoms with Gasteiger partial charge >= 0.3 is 0 Å². The molecule has 0 bridgehead atoms. The summed E-state index contributed by atoms with van der Waals surface area (Å²) in [4.78, 5) is 0. The monoisotopic (exact) mass is 338 g/mol. The third-order valence-electron chi connectivity index (χ3n) is 4.05. The zero-order chi connectivity index (χ0) is 18.4. The molecule has 3 aromatic rings. The van der Waals surface area contributed by atoms with Crippen molar-refractivity contribution in [1.82, 2.24) is 0 Å². The average Bonchev–Trinajstić information content (AvgIpc) is 2.67. The molecule has 0 spiro atoms. The highest BCUT2D eigenvalue weighted by Gasteiger charge is 2.01. The van der Waals surface area contributed by atoms with Crippen LogP contribution in [0.25, 0.3) is 0 Å². The van der Waals surface area contributed by atoms with Crippen LogP contribution in [0.15, 0.2) is 66.7 Å². The van der Waals surface area contributed by atoms with Crippen LogP contribution in [-0.2, 0) is 6.67 Å². The highest BCUT2D eigenvalue weighted by molar-refractivity contribution is 5.51. The van der Waals surface area contributed by atoms with Gasteiger partial charge in [-0.3, -0.25) is 0 Å². The van der Waals surface area contributed by atoms with Gasteiger partial charge in [-0.1, -0.05) is 59.1 Å². The van der Waals surface area contributed by atoms with Gasteiger partial charge in [0.15, 0.2) is 0 Å². The summed E-state index contributed by atoms with van der Waals surface area (Å²) in [5, 5.41) is 0. The smallest absolute Gasteiger partial charge is 0.116 e. The van der Waals surface area contributed by atoms with Gasteiger partial charge in [0.2, 0.25) is 0 Å². The molecule has 0 nitrogen and oxygen atoms in total. The van der Waals surface area contributed by atoms with Gasteiger partial charge in [-0.05, 0) is 61.9 Å². The lowest BCUT2D eigenvalue weighted by atomic mass is 10.0. The quantitative estimate of drug-likeness (QED) is 0.509. The molecule has 0 atom stereocenters. The summed E-state index contributed by atoms with van der Waals surface area (Å²) in [6, 6.07) is 21.5. The second kappa shape index (κ2) is 8.19. The van der Waals surface area contributed by atoms with Crippen LogP contribution in [0.5, 0.6) is 0 Å². The SMILES string of the molecule is Cc1ccc(C#Cc2ccc(C#Cc3ccc(C)cc3)c(CF)c2)cc1. The Morgan fingerprint density at radius 2 is 1.08 bits per heavy atom. The molecule has 0 aromatic heterocycles. The van der Waals surface area contributed by atoms with Crippen LogP contribution in [-0.4, -0.2) is 0 Å². The lowest BCUT2D eigenvalue weighted by Crippen LogP contribution is -1.89. The predicted molar refractivity (Wildman–Crippen MR) is 106 cm³/mol. The molecule has 0 fully saturated rings. The van der Waals surface area contributed by atoms with Gasteiger partial charge in [-0.15, -0.1) is 0 Å². The van der Waals surface area contributed by atoms with E-state index in [0.29, 0.717) is 11.1 Å². The van der Waals surface area contributed by atoms with Crippen LogP contribution < -0.4 is 0 Å². The van der Waals surface area contributed by atoms with E-state index in [4.69, 9.17) is 0 Å². The summed E-state index contributed by atoms with van der Waals surface area (Å²) in [6.45, 7) is 3.52. The van der Waals surface area contributed by atoms with Crippen molar-refractivity contribution in [3.63, 3.8) is 0 Å². The van der Waals surface area contributed by atoms with Crippen molar-refractivity contribution in [1.29, 1.82) is 0 Å². The molecule has 3 aromatic carbocycles. The molecule has 0 aliphatic carbocycles. The molecule has 0 N–H and O–H groups in total. The van der Waals surface area contributed by atoms with E-state index in [0.717, 1.165) is 16.7 Å². The Labute approximate surface area is 154 Å². The molecule has 0 aliphatic rings. The summed E-state index contributed by atoms with van der Waals surface area (Å²) >= 11 is 0. The molecule has 0 aliphatic heterocycles. The van der Waals surface area contributed by atoms with E-state index in [-0.39, 0.29) is 0 Å². The number of alkyl halides is 1. The van der Waals surface area contributed by atoms with E-state index in [2.05, 4.69) is 23.7 Å². The average molecular weight is 338 g/mol. The van der Waals surface area contributed by atoms with Gasteiger partial charge in [0.1, 0.15) is 6.67 Å². The number of hydrogen-bond donors (Lipinski definition) is 0. The van der Waals surface area contributed by atoms with E-state index in [9.17, 15) is 4.39 Å². The van der Waals surface area contributed by atoms with Crippen molar-refractivity contribution in [2.75, 3.05) is 0 Å². The summed E-state index contributed by atoms with van der Waals surface area (Å²) in [6.07, 6.45) is 0. The van der Waals surface area contributed by atoms with Crippen molar-refractivity contribution < 1.29 is 4.39 Å². The largest absolute Gasteiger partial charge is 0.246 e. The minimum atomic E-state index is -0.558. The minimum absolute atomic E-state index is 0.558. The third-order valence-corrected chi connectivity index (χ3v) is 4.05. The molecular formula is C25H19F. The zero-order valence-electron chi connectivity index (χ0n) is 14.9. The molecular weight excluding hydrogens is 319 g/mol. The maximum absolute atomic E-state index is 13.4. The number of aryl methyl sites for hydroxylation is 2. The minimum Gasteiger partial charge on any atom is -0.246 e. The highest BCUT2D eigenvalue weighted by Crippen LogP contribution is 2.13. The van der Waals surface area contributed by atoms with Crippen LogP contribution in [0.4, 0.5) is 4.39 Å². The zero-order valence-corrected chi connectivity index (χ0v) is 14.9. The number of halogens is 1. The maximum Gasteiger partial charge on any atom is 0.116 e. The second-order valence-corrected chi connectivity index (χ2v) is 6.24. The summed E-state index contributed by atoms with van der Waals surface area (Å²) < 4.78 is 13.4. The van der Waals surface area contributed by atoms with Gasteiger partial charge in [0.25, 0.3) is 0 Å². The van der Waals surface area contributed by atoms with Crippen molar-refractivity contribution in [3.05, 3.63) is 106 Å². The predicted octanol–water partition coefficient (Wildman–Crippen LogP) is 5.57. The molecule has 0 amide bonds. The fraction of sp³-hybridized carbons (Fsp3) is 0.120. The number of rotatable bonds is 1. The normalized spacial score (nSPS) is 9.65. The Kier molecular flexibility index (Phi) is 5.52.